The van der Waals surface area contributed by atoms with Crippen molar-refractivity contribution < 1.29 is 24.2 Å². The highest BCUT2D eigenvalue weighted by Crippen LogP contribution is 2.15. The zero-order chi connectivity index (χ0) is 15.2. The number of rotatable bonds is 6. The molecule has 5 nitrogen and oxygen atoms in total. The average Bonchev–Trinajstić information content (AvgIpc) is 2.32. The van der Waals surface area contributed by atoms with Crippen molar-refractivity contribution in [3.63, 3.8) is 0 Å². The molecule has 0 heterocycles. The molecule has 0 fully saturated rings. The molecule has 0 atom stereocenters. The third-order valence-electron chi connectivity index (χ3n) is 2.30. The van der Waals surface area contributed by atoms with Crippen molar-refractivity contribution in [2.24, 2.45) is 0 Å². The normalized spacial score (nSPS) is 10.9. The summed E-state index contributed by atoms with van der Waals surface area (Å²) < 4.78 is 10.5. The maximum atomic E-state index is 11.5. The minimum absolute atomic E-state index is 0.0650. The number of carbonyl (C=O) groups excluding carboxylic acids is 1. The fourth-order valence-corrected chi connectivity index (χ4v) is 1.56. The fraction of sp³-hybridized carbons (Fsp3) is 0.467. The van der Waals surface area contributed by atoms with E-state index in [0.29, 0.717) is 12.2 Å². The molecule has 0 saturated heterocycles. The Balaban J connectivity index is 2.50. The summed E-state index contributed by atoms with van der Waals surface area (Å²) in [7, 11) is 0. The number of aryl methyl sites for hydroxylation is 1. The van der Waals surface area contributed by atoms with Gasteiger partial charge in [0.2, 0.25) is 0 Å². The van der Waals surface area contributed by atoms with E-state index >= 15 is 0 Å². The Labute approximate surface area is 118 Å². The van der Waals surface area contributed by atoms with Gasteiger partial charge in [0.15, 0.2) is 6.61 Å². The van der Waals surface area contributed by atoms with E-state index in [2.05, 4.69) is 0 Å². The molecule has 1 aromatic carbocycles. The number of ether oxygens (including phenoxy) is 2. The van der Waals surface area contributed by atoms with Gasteiger partial charge in [-0.3, -0.25) is 4.79 Å². The molecule has 0 aliphatic carbocycles. The van der Waals surface area contributed by atoms with Crippen molar-refractivity contribution in [2.45, 2.75) is 39.2 Å². The number of hydrogen-bond acceptors (Lipinski definition) is 4. The largest absolute Gasteiger partial charge is 0.482 e. The molecule has 0 amide bonds. The summed E-state index contributed by atoms with van der Waals surface area (Å²) in [6.07, 6.45) is 0.495. The highest BCUT2D eigenvalue weighted by Gasteiger charge is 2.16. The summed E-state index contributed by atoms with van der Waals surface area (Å²) >= 11 is 0. The topological polar surface area (TPSA) is 72.8 Å². The van der Waals surface area contributed by atoms with Gasteiger partial charge in [0.05, 0.1) is 0 Å². The van der Waals surface area contributed by atoms with Crippen LogP contribution in [0.5, 0.6) is 5.75 Å². The number of benzene rings is 1. The van der Waals surface area contributed by atoms with E-state index in [1.165, 1.54) is 0 Å². The smallest absolute Gasteiger partial charge is 0.344 e. The maximum Gasteiger partial charge on any atom is 0.344 e. The summed E-state index contributed by atoms with van der Waals surface area (Å²) in [5.74, 6) is -0.753. The molecule has 1 rings (SSSR count). The molecule has 0 aliphatic rings. The number of carboxylic acids is 1. The van der Waals surface area contributed by atoms with Gasteiger partial charge in [0.1, 0.15) is 11.4 Å². The SMILES string of the molecule is CC(C)(C)OC(=O)COc1cccc(CCC(=O)O)c1. The second-order valence-corrected chi connectivity index (χ2v) is 5.42. The van der Waals surface area contributed by atoms with Crippen LogP contribution in [0.1, 0.15) is 32.8 Å². The van der Waals surface area contributed by atoms with E-state index in [-0.39, 0.29) is 13.0 Å². The van der Waals surface area contributed by atoms with E-state index in [9.17, 15) is 9.59 Å². The highest BCUT2D eigenvalue weighted by atomic mass is 16.6. The molecule has 0 radical (unpaired) electrons. The minimum atomic E-state index is -0.843. The van der Waals surface area contributed by atoms with Crippen molar-refractivity contribution in [1.29, 1.82) is 0 Å². The third-order valence-corrected chi connectivity index (χ3v) is 2.30. The monoisotopic (exact) mass is 280 g/mol. The lowest BCUT2D eigenvalue weighted by molar-refractivity contribution is -0.157. The molecule has 0 aromatic heterocycles. The van der Waals surface area contributed by atoms with Crippen molar-refractivity contribution in [2.75, 3.05) is 6.61 Å². The molecule has 0 spiro atoms. The molecule has 1 N–H and O–H groups in total. The first-order chi connectivity index (χ1) is 9.26. The lowest BCUT2D eigenvalue weighted by Gasteiger charge is -2.19. The zero-order valence-corrected chi connectivity index (χ0v) is 12.0. The summed E-state index contributed by atoms with van der Waals surface area (Å²) in [6.45, 7) is 5.20. The summed E-state index contributed by atoms with van der Waals surface area (Å²) in [4.78, 5) is 22.0. The number of esters is 1. The average molecular weight is 280 g/mol. The standard InChI is InChI=1S/C15H20O5/c1-15(2,3)20-14(18)10-19-12-6-4-5-11(9-12)7-8-13(16)17/h4-6,9H,7-8,10H2,1-3H3,(H,16,17). The Morgan fingerprint density at radius 3 is 2.55 bits per heavy atom. The first-order valence-electron chi connectivity index (χ1n) is 6.41. The number of carbonyl (C=O) groups is 2. The predicted octanol–water partition coefficient (Wildman–Crippen LogP) is 2.42. The van der Waals surface area contributed by atoms with Gasteiger partial charge < -0.3 is 14.6 Å². The fourth-order valence-electron chi connectivity index (χ4n) is 1.56. The van der Waals surface area contributed by atoms with E-state index in [4.69, 9.17) is 14.6 Å². The molecular weight excluding hydrogens is 260 g/mol. The van der Waals surface area contributed by atoms with Gasteiger partial charge in [-0.1, -0.05) is 12.1 Å². The van der Waals surface area contributed by atoms with Crippen LogP contribution in [0.3, 0.4) is 0 Å². The molecule has 5 heteroatoms. The molecule has 110 valence electrons. The molecule has 0 aliphatic heterocycles. The third kappa shape index (κ3) is 6.78. The number of carboxylic acid groups (broad SMARTS) is 1. The molecule has 20 heavy (non-hydrogen) atoms. The molecule has 1 aromatic rings. The predicted molar refractivity (Wildman–Crippen MR) is 73.7 cm³/mol. The van der Waals surface area contributed by atoms with Gasteiger partial charge in [-0.15, -0.1) is 0 Å². The van der Waals surface area contributed by atoms with Gasteiger partial charge in [0.25, 0.3) is 0 Å². The Kier molecular flexibility index (Phi) is 5.55. The molecular formula is C15H20O5. The quantitative estimate of drug-likeness (QED) is 0.810. The zero-order valence-electron chi connectivity index (χ0n) is 12.0. The number of aliphatic carboxylic acids is 1. The lowest BCUT2D eigenvalue weighted by atomic mass is 10.1. The van der Waals surface area contributed by atoms with E-state index < -0.39 is 17.5 Å². The van der Waals surface area contributed by atoms with Crippen LogP contribution in [-0.2, 0) is 20.7 Å². The molecule has 0 bridgehead atoms. The summed E-state index contributed by atoms with van der Waals surface area (Å²) in [5, 5.41) is 8.64. The maximum absolute atomic E-state index is 11.5. The first-order valence-corrected chi connectivity index (χ1v) is 6.41. The Morgan fingerprint density at radius 2 is 1.95 bits per heavy atom. The molecule has 0 unspecified atom stereocenters. The van der Waals surface area contributed by atoms with Crippen molar-refractivity contribution in [1.82, 2.24) is 0 Å². The summed E-state index contributed by atoms with van der Waals surface area (Å²) in [5.41, 5.74) is 0.318. The van der Waals surface area contributed by atoms with E-state index in [1.54, 1.807) is 39.0 Å². The van der Waals surface area contributed by atoms with Crippen LogP contribution in [0.2, 0.25) is 0 Å². The number of hydrogen-bond donors (Lipinski definition) is 1. The minimum Gasteiger partial charge on any atom is -0.482 e. The Hall–Kier alpha value is -2.04. The van der Waals surface area contributed by atoms with Crippen LogP contribution in [0.15, 0.2) is 24.3 Å². The van der Waals surface area contributed by atoms with Crippen LogP contribution >= 0.6 is 0 Å². The van der Waals surface area contributed by atoms with Crippen LogP contribution in [0.25, 0.3) is 0 Å². The second-order valence-electron chi connectivity index (χ2n) is 5.42. The van der Waals surface area contributed by atoms with Crippen LogP contribution in [0.4, 0.5) is 0 Å². The van der Waals surface area contributed by atoms with Crippen LogP contribution < -0.4 is 4.74 Å². The molecule has 0 saturated carbocycles. The lowest BCUT2D eigenvalue weighted by Crippen LogP contribution is -2.27. The van der Waals surface area contributed by atoms with E-state index in [0.717, 1.165) is 5.56 Å². The van der Waals surface area contributed by atoms with Gasteiger partial charge in [-0.05, 0) is 44.9 Å². The van der Waals surface area contributed by atoms with Crippen molar-refractivity contribution in [3.05, 3.63) is 29.8 Å². The Morgan fingerprint density at radius 1 is 1.25 bits per heavy atom. The van der Waals surface area contributed by atoms with Gasteiger partial charge >= 0.3 is 11.9 Å². The van der Waals surface area contributed by atoms with E-state index in [1.807, 2.05) is 6.07 Å². The van der Waals surface area contributed by atoms with Gasteiger partial charge in [0, 0.05) is 6.42 Å². The Bertz CT molecular complexity index is 473. The van der Waals surface area contributed by atoms with Gasteiger partial charge in [-0.25, -0.2) is 4.79 Å². The first kappa shape index (κ1) is 16.0. The highest BCUT2D eigenvalue weighted by molar-refractivity contribution is 5.71. The van der Waals surface area contributed by atoms with Gasteiger partial charge in [-0.2, -0.15) is 0 Å². The van der Waals surface area contributed by atoms with Crippen molar-refractivity contribution in [3.8, 4) is 5.75 Å². The van der Waals surface area contributed by atoms with Crippen LogP contribution in [-0.4, -0.2) is 29.3 Å². The van der Waals surface area contributed by atoms with Crippen LogP contribution in [0, 0.1) is 0 Å². The second kappa shape index (κ2) is 6.93. The van der Waals surface area contributed by atoms with Crippen molar-refractivity contribution >= 4 is 11.9 Å². The summed E-state index contributed by atoms with van der Waals surface area (Å²) in [6, 6.07) is 7.03.